The summed E-state index contributed by atoms with van der Waals surface area (Å²) in [6.07, 6.45) is 0. The molecule has 0 unspecified atom stereocenters. The van der Waals surface area contributed by atoms with Gasteiger partial charge in [-0.1, -0.05) is 35.9 Å². The number of carbonyl (C=O) groups excluding carboxylic acids is 1. The van der Waals surface area contributed by atoms with E-state index in [-0.39, 0.29) is 22.7 Å². The lowest BCUT2D eigenvalue weighted by molar-refractivity contribution is 0.102. The number of sulfonamides is 1. The summed E-state index contributed by atoms with van der Waals surface area (Å²) in [5.74, 6) is -2.57. The quantitative estimate of drug-likeness (QED) is 0.603. The molecule has 0 atom stereocenters. The van der Waals surface area contributed by atoms with Crippen LogP contribution in [-0.4, -0.2) is 14.3 Å². The number of rotatable bonds is 6. The van der Waals surface area contributed by atoms with E-state index in [1.165, 1.54) is 18.2 Å². The lowest BCUT2D eigenvalue weighted by Crippen LogP contribution is -2.23. The average molecular weight is 437 g/mol. The van der Waals surface area contributed by atoms with Crippen molar-refractivity contribution >= 4 is 33.2 Å². The number of benzene rings is 3. The number of anilines is 1. The standard InChI is InChI=1S/C20H15ClF2N2O3S/c21-14-7-5-13(6-8-14)12-24-29(27,28)15-9-10-19(18(23)11-15)25-20(26)16-3-1-2-4-17(16)22/h1-11,24H,12H2,(H,25,26). The highest BCUT2D eigenvalue weighted by atomic mass is 35.5. The van der Waals surface area contributed by atoms with E-state index in [0.29, 0.717) is 10.6 Å². The molecule has 0 aliphatic rings. The second-order valence-corrected chi connectivity index (χ2v) is 8.23. The van der Waals surface area contributed by atoms with Gasteiger partial charge in [0.25, 0.3) is 5.91 Å². The Labute approximate surface area is 171 Å². The van der Waals surface area contributed by atoms with Crippen LogP contribution in [0.2, 0.25) is 5.02 Å². The fraction of sp³-hybridized carbons (Fsp3) is 0.0500. The minimum atomic E-state index is -3.99. The lowest BCUT2D eigenvalue weighted by Gasteiger charge is -2.10. The van der Waals surface area contributed by atoms with Gasteiger partial charge in [0.2, 0.25) is 10.0 Å². The molecule has 29 heavy (non-hydrogen) atoms. The van der Waals surface area contributed by atoms with Gasteiger partial charge < -0.3 is 5.32 Å². The molecule has 0 saturated heterocycles. The maximum atomic E-state index is 14.3. The van der Waals surface area contributed by atoms with Gasteiger partial charge in [-0.2, -0.15) is 0 Å². The van der Waals surface area contributed by atoms with Crippen LogP contribution in [0.15, 0.2) is 71.6 Å². The number of nitrogens with one attached hydrogen (secondary N) is 2. The normalized spacial score (nSPS) is 11.3. The molecule has 0 bridgehead atoms. The SMILES string of the molecule is O=C(Nc1ccc(S(=O)(=O)NCc2ccc(Cl)cc2)cc1F)c1ccccc1F. The van der Waals surface area contributed by atoms with Crippen molar-refractivity contribution in [3.05, 3.63) is 94.5 Å². The van der Waals surface area contributed by atoms with Gasteiger partial charge in [0, 0.05) is 11.6 Å². The fourth-order valence-corrected chi connectivity index (χ4v) is 3.62. The molecule has 0 heterocycles. The Morgan fingerprint density at radius 1 is 0.931 bits per heavy atom. The van der Waals surface area contributed by atoms with E-state index in [1.54, 1.807) is 24.3 Å². The highest BCUT2D eigenvalue weighted by Gasteiger charge is 2.18. The lowest BCUT2D eigenvalue weighted by atomic mass is 10.2. The molecule has 0 radical (unpaired) electrons. The molecule has 0 saturated carbocycles. The molecule has 3 aromatic rings. The summed E-state index contributed by atoms with van der Waals surface area (Å²) >= 11 is 5.78. The molecule has 0 aromatic heterocycles. The number of hydrogen-bond donors (Lipinski definition) is 2. The predicted octanol–water partition coefficient (Wildman–Crippen LogP) is 4.35. The Hall–Kier alpha value is -2.81. The summed E-state index contributed by atoms with van der Waals surface area (Å²) < 4.78 is 55.1. The van der Waals surface area contributed by atoms with Crippen LogP contribution < -0.4 is 10.0 Å². The minimum absolute atomic E-state index is 0.00705. The highest BCUT2D eigenvalue weighted by Crippen LogP contribution is 2.21. The van der Waals surface area contributed by atoms with Gasteiger partial charge in [0.15, 0.2) is 0 Å². The Balaban J connectivity index is 1.73. The van der Waals surface area contributed by atoms with Crippen LogP contribution in [0.25, 0.3) is 0 Å². The van der Waals surface area contributed by atoms with Gasteiger partial charge in [-0.05, 0) is 48.0 Å². The number of hydrogen-bond acceptors (Lipinski definition) is 3. The first kappa shape index (κ1) is 20.9. The Morgan fingerprint density at radius 3 is 2.28 bits per heavy atom. The van der Waals surface area contributed by atoms with Crippen molar-refractivity contribution in [2.45, 2.75) is 11.4 Å². The van der Waals surface area contributed by atoms with Gasteiger partial charge >= 0.3 is 0 Å². The Morgan fingerprint density at radius 2 is 1.62 bits per heavy atom. The second kappa shape index (κ2) is 8.69. The average Bonchev–Trinajstić information content (AvgIpc) is 2.69. The summed E-state index contributed by atoms with van der Waals surface area (Å²) in [5, 5.41) is 2.75. The van der Waals surface area contributed by atoms with Crippen LogP contribution in [0.4, 0.5) is 14.5 Å². The maximum absolute atomic E-state index is 14.3. The molecule has 0 fully saturated rings. The van der Waals surface area contributed by atoms with Crippen molar-refractivity contribution in [2.75, 3.05) is 5.32 Å². The summed E-state index contributed by atoms with van der Waals surface area (Å²) in [4.78, 5) is 11.8. The van der Waals surface area contributed by atoms with Crippen molar-refractivity contribution in [2.24, 2.45) is 0 Å². The Bertz CT molecular complexity index is 1150. The fourth-order valence-electron chi connectivity index (χ4n) is 2.46. The summed E-state index contributed by atoms with van der Waals surface area (Å²) in [6.45, 7) is -0.00705. The monoisotopic (exact) mass is 436 g/mol. The van der Waals surface area contributed by atoms with Crippen molar-refractivity contribution in [3.8, 4) is 0 Å². The van der Waals surface area contributed by atoms with Crippen LogP contribution >= 0.6 is 11.6 Å². The topological polar surface area (TPSA) is 75.3 Å². The minimum Gasteiger partial charge on any atom is -0.319 e. The number of carbonyl (C=O) groups is 1. The van der Waals surface area contributed by atoms with E-state index in [9.17, 15) is 22.0 Å². The smallest absolute Gasteiger partial charge is 0.258 e. The van der Waals surface area contributed by atoms with E-state index in [0.717, 1.165) is 24.3 Å². The summed E-state index contributed by atoms with van der Waals surface area (Å²) in [7, 11) is -3.99. The zero-order valence-electron chi connectivity index (χ0n) is 14.8. The molecule has 5 nitrogen and oxygen atoms in total. The third-order valence-corrected chi connectivity index (χ3v) is 5.65. The van der Waals surface area contributed by atoms with Crippen molar-refractivity contribution in [1.29, 1.82) is 0 Å². The van der Waals surface area contributed by atoms with Crippen molar-refractivity contribution in [3.63, 3.8) is 0 Å². The largest absolute Gasteiger partial charge is 0.319 e. The zero-order valence-corrected chi connectivity index (χ0v) is 16.4. The van der Waals surface area contributed by atoms with Crippen molar-refractivity contribution in [1.82, 2.24) is 4.72 Å². The van der Waals surface area contributed by atoms with Crippen LogP contribution in [-0.2, 0) is 16.6 Å². The maximum Gasteiger partial charge on any atom is 0.258 e. The van der Waals surface area contributed by atoms with Gasteiger partial charge in [0.05, 0.1) is 16.1 Å². The van der Waals surface area contributed by atoms with Crippen LogP contribution in [0.5, 0.6) is 0 Å². The number of amides is 1. The summed E-state index contributed by atoms with van der Waals surface area (Å²) in [6, 6.07) is 14.8. The van der Waals surface area contributed by atoms with E-state index in [2.05, 4.69) is 10.0 Å². The van der Waals surface area contributed by atoms with Crippen LogP contribution in [0.3, 0.4) is 0 Å². The van der Waals surface area contributed by atoms with Gasteiger partial charge in [0.1, 0.15) is 11.6 Å². The van der Waals surface area contributed by atoms with Crippen LogP contribution in [0, 0.1) is 11.6 Å². The number of halogens is 3. The molecule has 3 rings (SSSR count). The Kier molecular flexibility index (Phi) is 6.26. The molecule has 0 aliphatic carbocycles. The van der Waals surface area contributed by atoms with Gasteiger partial charge in [-0.3, -0.25) is 4.79 Å². The highest BCUT2D eigenvalue weighted by molar-refractivity contribution is 7.89. The van der Waals surface area contributed by atoms with Gasteiger partial charge in [-0.15, -0.1) is 0 Å². The first-order chi connectivity index (χ1) is 13.8. The molecule has 0 spiro atoms. The van der Waals surface area contributed by atoms with Crippen LogP contribution in [0.1, 0.15) is 15.9 Å². The molecule has 0 aliphatic heterocycles. The second-order valence-electron chi connectivity index (χ2n) is 6.03. The first-order valence-electron chi connectivity index (χ1n) is 8.36. The van der Waals surface area contributed by atoms with E-state index in [1.807, 2.05) is 0 Å². The molecular weight excluding hydrogens is 422 g/mol. The zero-order chi connectivity index (χ0) is 21.0. The third-order valence-electron chi connectivity index (χ3n) is 4.00. The predicted molar refractivity (Wildman–Crippen MR) is 106 cm³/mol. The van der Waals surface area contributed by atoms with Gasteiger partial charge in [-0.25, -0.2) is 21.9 Å². The third kappa shape index (κ3) is 5.17. The van der Waals surface area contributed by atoms with E-state index >= 15 is 0 Å². The molecular formula is C20H15ClF2N2O3S. The summed E-state index contributed by atoms with van der Waals surface area (Å²) in [5.41, 5.74) is 0.148. The molecule has 9 heteroatoms. The first-order valence-corrected chi connectivity index (χ1v) is 10.2. The van der Waals surface area contributed by atoms with Crippen molar-refractivity contribution < 1.29 is 22.0 Å². The molecule has 1 amide bonds. The molecule has 3 aromatic carbocycles. The van der Waals surface area contributed by atoms with E-state index in [4.69, 9.17) is 11.6 Å². The van der Waals surface area contributed by atoms with E-state index < -0.39 is 27.6 Å². The molecule has 2 N–H and O–H groups in total. The molecule has 150 valence electrons.